The summed E-state index contributed by atoms with van der Waals surface area (Å²) in [5.74, 6) is 0.840. The summed E-state index contributed by atoms with van der Waals surface area (Å²) >= 11 is 0. The Morgan fingerprint density at radius 1 is 1.20 bits per heavy atom. The SMILES string of the molecule is C[C@H](C(=O)NCCCN1CCN(c2ncccn2)CC1)n1ccnc1. The van der Waals surface area contributed by atoms with E-state index in [1.165, 1.54) is 0 Å². The highest BCUT2D eigenvalue weighted by molar-refractivity contribution is 5.79. The first-order valence-electron chi connectivity index (χ1n) is 8.73. The van der Waals surface area contributed by atoms with Crippen LogP contribution in [0.4, 0.5) is 5.95 Å². The molecule has 1 atom stereocenters. The average Bonchev–Trinajstić information content (AvgIpc) is 3.20. The first-order chi connectivity index (χ1) is 12.2. The van der Waals surface area contributed by atoms with Crippen LogP contribution in [0.5, 0.6) is 0 Å². The van der Waals surface area contributed by atoms with Crippen molar-refractivity contribution in [3.05, 3.63) is 37.2 Å². The summed E-state index contributed by atoms with van der Waals surface area (Å²) in [6.07, 6.45) is 9.67. The molecule has 0 saturated carbocycles. The number of amides is 1. The predicted molar refractivity (Wildman–Crippen MR) is 95.2 cm³/mol. The van der Waals surface area contributed by atoms with Gasteiger partial charge in [-0.3, -0.25) is 9.69 Å². The molecule has 8 heteroatoms. The van der Waals surface area contributed by atoms with E-state index in [9.17, 15) is 4.79 Å². The largest absolute Gasteiger partial charge is 0.354 e. The van der Waals surface area contributed by atoms with Gasteiger partial charge in [0.25, 0.3) is 0 Å². The van der Waals surface area contributed by atoms with Gasteiger partial charge in [-0.15, -0.1) is 0 Å². The van der Waals surface area contributed by atoms with Crippen LogP contribution in [0.3, 0.4) is 0 Å². The lowest BCUT2D eigenvalue weighted by Crippen LogP contribution is -2.47. The van der Waals surface area contributed by atoms with Gasteiger partial charge in [0.05, 0.1) is 6.33 Å². The molecule has 25 heavy (non-hydrogen) atoms. The zero-order chi connectivity index (χ0) is 17.5. The van der Waals surface area contributed by atoms with Crippen LogP contribution < -0.4 is 10.2 Å². The highest BCUT2D eigenvalue weighted by Crippen LogP contribution is 2.09. The average molecular weight is 343 g/mol. The van der Waals surface area contributed by atoms with Crippen molar-refractivity contribution in [3.8, 4) is 0 Å². The molecule has 1 amide bonds. The molecule has 0 aliphatic carbocycles. The fraction of sp³-hybridized carbons (Fsp3) is 0.529. The van der Waals surface area contributed by atoms with E-state index in [2.05, 4.69) is 30.1 Å². The minimum Gasteiger partial charge on any atom is -0.354 e. The number of nitrogens with zero attached hydrogens (tertiary/aromatic N) is 6. The van der Waals surface area contributed by atoms with Crippen molar-refractivity contribution in [2.24, 2.45) is 0 Å². The fourth-order valence-electron chi connectivity index (χ4n) is 2.92. The minimum absolute atomic E-state index is 0.0315. The molecule has 0 spiro atoms. The number of hydrogen-bond acceptors (Lipinski definition) is 6. The van der Waals surface area contributed by atoms with Gasteiger partial charge in [0, 0.05) is 57.5 Å². The molecule has 0 unspecified atom stereocenters. The van der Waals surface area contributed by atoms with Crippen LogP contribution in [0.15, 0.2) is 37.2 Å². The van der Waals surface area contributed by atoms with Crippen molar-refractivity contribution in [3.63, 3.8) is 0 Å². The number of rotatable bonds is 7. The van der Waals surface area contributed by atoms with E-state index < -0.39 is 0 Å². The molecule has 1 fully saturated rings. The number of hydrogen-bond donors (Lipinski definition) is 1. The predicted octanol–water partition coefficient (Wildman–Crippen LogP) is 0.563. The summed E-state index contributed by atoms with van der Waals surface area (Å²) in [5, 5.41) is 3.00. The van der Waals surface area contributed by atoms with Crippen LogP contribution in [0.1, 0.15) is 19.4 Å². The van der Waals surface area contributed by atoms with Crippen molar-refractivity contribution in [2.45, 2.75) is 19.4 Å². The molecule has 0 bridgehead atoms. The van der Waals surface area contributed by atoms with Crippen LogP contribution in [-0.4, -0.2) is 69.6 Å². The number of anilines is 1. The van der Waals surface area contributed by atoms with Crippen molar-refractivity contribution in [1.82, 2.24) is 29.7 Å². The Morgan fingerprint density at radius 3 is 2.64 bits per heavy atom. The van der Waals surface area contributed by atoms with Gasteiger partial charge in [-0.1, -0.05) is 0 Å². The van der Waals surface area contributed by atoms with Crippen LogP contribution >= 0.6 is 0 Å². The molecule has 1 aliphatic heterocycles. The smallest absolute Gasteiger partial charge is 0.242 e. The highest BCUT2D eigenvalue weighted by atomic mass is 16.2. The fourth-order valence-corrected chi connectivity index (χ4v) is 2.92. The van der Waals surface area contributed by atoms with Crippen molar-refractivity contribution < 1.29 is 4.79 Å². The number of piperazine rings is 1. The normalized spacial score (nSPS) is 16.6. The molecular weight excluding hydrogens is 318 g/mol. The summed E-state index contributed by atoms with van der Waals surface area (Å²) in [4.78, 5) is 29.3. The highest BCUT2D eigenvalue weighted by Gasteiger charge is 2.18. The molecule has 2 aromatic heterocycles. The maximum absolute atomic E-state index is 12.1. The number of carbonyl (C=O) groups excluding carboxylic acids is 1. The number of imidazole rings is 1. The first-order valence-corrected chi connectivity index (χ1v) is 8.73. The van der Waals surface area contributed by atoms with Gasteiger partial charge in [-0.2, -0.15) is 0 Å². The van der Waals surface area contributed by atoms with Gasteiger partial charge >= 0.3 is 0 Å². The van der Waals surface area contributed by atoms with Crippen LogP contribution in [-0.2, 0) is 4.79 Å². The van der Waals surface area contributed by atoms with Gasteiger partial charge < -0.3 is 14.8 Å². The zero-order valence-electron chi connectivity index (χ0n) is 14.6. The van der Waals surface area contributed by atoms with E-state index in [0.717, 1.165) is 45.1 Å². The lowest BCUT2D eigenvalue weighted by atomic mass is 10.2. The third kappa shape index (κ3) is 4.76. The number of aromatic nitrogens is 4. The second kappa shape index (κ2) is 8.57. The number of nitrogens with one attached hydrogen (secondary N) is 1. The van der Waals surface area contributed by atoms with Crippen molar-refractivity contribution in [1.29, 1.82) is 0 Å². The van der Waals surface area contributed by atoms with Gasteiger partial charge in [0.2, 0.25) is 11.9 Å². The van der Waals surface area contributed by atoms with Crippen molar-refractivity contribution >= 4 is 11.9 Å². The Labute approximate surface area is 147 Å². The van der Waals surface area contributed by atoms with Gasteiger partial charge in [-0.25, -0.2) is 15.0 Å². The lowest BCUT2D eigenvalue weighted by molar-refractivity contribution is -0.123. The monoisotopic (exact) mass is 343 g/mol. The second-order valence-corrected chi connectivity index (χ2v) is 6.21. The van der Waals surface area contributed by atoms with E-state index >= 15 is 0 Å². The Balaban J connectivity index is 1.32. The van der Waals surface area contributed by atoms with E-state index in [1.807, 2.05) is 13.0 Å². The zero-order valence-corrected chi connectivity index (χ0v) is 14.6. The van der Waals surface area contributed by atoms with Gasteiger partial charge in [0.15, 0.2) is 0 Å². The van der Waals surface area contributed by atoms with E-state index in [-0.39, 0.29) is 11.9 Å². The van der Waals surface area contributed by atoms with Crippen LogP contribution in [0.25, 0.3) is 0 Å². The maximum atomic E-state index is 12.1. The molecule has 1 aliphatic rings. The molecule has 1 saturated heterocycles. The minimum atomic E-state index is -0.225. The molecule has 3 rings (SSSR count). The van der Waals surface area contributed by atoms with E-state index in [0.29, 0.717) is 6.54 Å². The third-order valence-electron chi connectivity index (χ3n) is 4.51. The summed E-state index contributed by atoms with van der Waals surface area (Å²) in [6, 6.07) is 1.61. The molecule has 134 valence electrons. The topological polar surface area (TPSA) is 79.2 Å². The first kappa shape index (κ1) is 17.3. The lowest BCUT2D eigenvalue weighted by Gasteiger charge is -2.34. The van der Waals surface area contributed by atoms with Crippen LogP contribution in [0, 0.1) is 0 Å². The molecule has 1 N–H and O–H groups in total. The van der Waals surface area contributed by atoms with Crippen molar-refractivity contribution in [2.75, 3.05) is 44.2 Å². The Morgan fingerprint density at radius 2 is 1.96 bits per heavy atom. The number of carbonyl (C=O) groups is 1. The molecule has 0 radical (unpaired) electrons. The van der Waals surface area contributed by atoms with Crippen LogP contribution in [0.2, 0.25) is 0 Å². The standard InChI is InChI=1S/C17H25N7O/c1-15(24-9-7-18-14-24)16(25)19-6-3-8-22-10-12-23(13-11-22)17-20-4-2-5-21-17/h2,4-5,7,9,14-15H,3,6,8,10-13H2,1H3,(H,19,25)/t15-/m1/s1. The summed E-state index contributed by atoms with van der Waals surface area (Å²) < 4.78 is 1.81. The molecule has 8 nitrogen and oxygen atoms in total. The molecule has 2 aromatic rings. The molecule has 3 heterocycles. The summed E-state index contributed by atoms with van der Waals surface area (Å²) in [6.45, 7) is 7.43. The quantitative estimate of drug-likeness (QED) is 0.740. The summed E-state index contributed by atoms with van der Waals surface area (Å²) in [7, 11) is 0. The Kier molecular flexibility index (Phi) is 5.95. The Hall–Kier alpha value is -2.48. The summed E-state index contributed by atoms with van der Waals surface area (Å²) in [5.41, 5.74) is 0. The van der Waals surface area contributed by atoms with Gasteiger partial charge in [-0.05, 0) is 26.0 Å². The van der Waals surface area contributed by atoms with E-state index in [1.54, 1.807) is 35.7 Å². The van der Waals surface area contributed by atoms with Gasteiger partial charge in [0.1, 0.15) is 6.04 Å². The maximum Gasteiger partial charge on any atom is 0.242 e. The third-order valence-corrected chi connectivity index (χ3v) is 4.51. The molecule has 0 aromatic carbocycles. The molecular formula is C17H25N7O. The second-order valence-electron chi connectivity index (χ2n) is 6.21. The Bertz CT molecular complexity index is 638. The van der Waals surface area contributed by atoms with E-state index in [4.69, 9.17) is 0 Å².